The van der Waals surface area contributed by atoms with Gasteiger partial charge in [0.1, 0.15) is 11.1 Å². The maximum atomic E-state index is 14.0. The van der Waals surface area contributed by atoms with Crippen molar-refractivity contribution >= 4 is 38.6 Å². The normalized spacial score (nSPS) is 15.4. The van der Waals surface area contributed by atoms with Crippen LogP contribution in [-0.4, -0.2) is 46.5 Å². The van der Waals surface area contributed by atoms with Crippen molar-refractivity contribution in [2.24, 2.45) is 0 Å². The second kappa shape index (κ2) is 13.4. The van der Waals surface area contributed by atoms with E-state index in [0.717, 1.165) is 16.7 Å². The van der Waals surface area contributed by atoms with Crippen LogP contribution >= 0.6 is 0 Å². The fourth-order valence-corrected chi connectivity index (χ4v) is 8.64. The Morgan fingerprint density at radius 3 is 1.98 bits per heavy atom. The highest BCUT2D eigenvalue weighted by Gasteiger charge is 2.41. The Hall–Kier alpha value is -5.81. The smallest absolute Gasteiger partial charge is 0.408 e. The van der Waals surface area contributed by atoms with E-state index in [2.05, 4.69) is 47.0 Å². The Morgan fingerprint density at radius 2 is 1.42 bits per heavy atom. The molecule has 0 radical (unpaired) electrons. The lowest BCUT2D eigenvalue weighted by atomic mass is 9.77. The van der Waals surface area contributed by atoms with Gasteiger partial charge in [-0.2, -0.15) is 5.10 Å². The van der Waals surface area contributed by atoms with E-state index in [1.54, 1.807) is 52.2 Å². The van der Waals surface area contributed by atoms with Crippen molar-refractivity contribution in [2.75, 3.05) is 11.1 Å². The number of benzene rings is 4. The van der Waals surface area contributed by atoms with E-state index >= 15 is 0 Å². The van der Waals surface area contributed by atoms with Crippen LogP contribution < -0.4 is 10.6 Å². The monoisotopic (exact) mass is 713 g/mol. The number of pyridine rings is 1. The first-order valence-corrected chi connectivity index (χ1v) is 18.7. The zero-order chi connectivity index (χ0) is 36.7. The molecular weight excluding hydrogens is 675 g/mol. The fraction of sp³-hybridized carbons (Fsp3) is 0.220. The molecule has 0 spiro atoms. The van der Waals surface area contributed by atoms with Gasteiger partial charge in [0.2, 0.25) is 0 Å². The van der Waals surface area contributed by atoms with Gasteiger partial charge in [0.05, 0.1) is 34.0 Å². The topological polar surface area (TPSA) is 132 Å². The maximum absolute atomic E-state index is 14.0. The molecule has 0 saturated heterocycles. The lowest BCUT2D eigenvalue weighted by Crippen LogP contribution is -2.38. The lowest BCUT2D eigenvalue weighted by Gasteiger charge is -2.36. The SMILES string of the molecule is Cc1cc2c(cc1C(=O)Nc1ccnc3c1cnn3C(c1ccccc1)(c1ccccc1)c1ccccc1)S(=O)(=O)CC[C@@H]2NC(=O)OC(C)(C)C. The van der Waals surface area contributed by atoms with Gasteiger partial charge in [-0.05, 0) is 74.1 Å². The van der Waals surface area contributed by atoms with Crippen molar-refractivity contribution in [3.8, 4) is 0 Å². The summed E-state index contributed by atoms with van der Waals surface area (Å²) in [4.78, 5) is 31.4. The summed E-state index contributed by atoms with van der Waals surface area (Å²) in [7, 11) is -3.71. The first kappa shape index (κ1) is 34.6. The summed E-state index contributed by atoms with van der Waals surface area (Å²) in [6.45, 7) is 7.02. The number of hydrogen-bond acceptors (Lipinski definition) is 7. The van der Waals surface area contributed by atoms with Crippen LogP contribution in [0.2, 0.25) is 0 Å². The number of nitrogens with one attached hydrogen (secondary N) is 2. The van der Waals surface area contributed by atoms with E-state index in [1.165, 1.54) is 6.07 Å². The number of carbonyl (C=O) groups excluding carboxylic acids is 2. The van der Waals surface area contributed by atoms with Gasteiger partial charge in [-0.25, -0.2) is 22.9 Å². The van der Waals surface area contributed by atoms with Gasteiger partial charge in [-0.3, -0.25) is 4.79 Å². The minimum Gasteiger partial charge on any atom is -0.444 e. The third kappa shape index (κ3) is 6.32. The van der Waals surface area contributed by atoms with Gasteiger partial charge in [-0.15, -0.1) is 0 Å². The molecule has 1 aliphatic heterocycles. The number of anilines is 1. The second-order valence-corrected chi connectivity index (χ2v) is 16.0. The van der Waals surface area contributed by atoms with Crippen LogP contribution in [0.25, 0.3) is 11.0 Å². The molecule has 10 nitrogen and oxygen atoms in total. The molecule has 0 unspecified atom stereocenters. The van der Waals surface area contributed by atoms with Crippen molar-refractivity contribution in [3.63, 3.8) is 0 Å². The molecule has 2 amide bonds. The third-order valence-corrected chi connectivity index (χ3v) is 11.1. The van der Waals surface area contributed by atoms with Gasteiger partial charge >= 0.3 is 6.09 Å². The highest BCUT2D eigenvalue weighted by Crippen LogP contribution is 2.42. The van der Waals surface area contributed by atoms with E-state index in [1.807, 2.05) is 59.3 Å². The van der Waals surface area contributed by atoms with E-state index in [9.17, 15) is 18.0 Å². The molecule has 0 aliphatic carbocycles. The third-order valence-electron chi connectivity index (χ3n) is 9.29. The first-order chi connectivity index (χ1) is 24.9. The summed E-state index contributed by atoms with van der Waals surface area (Å²) in [5, 5.41) is 11.4. The molecular formula is C41H39N5O5S. The van der Waals surface area contributed by atoms with E-state index in [4.69, 9.17) is 14.8 Å². The number of hydrogen-bond donors (Lipinski definition) is 2. The van der Waals surface area contributed by atoms with Crippen molar-refractivity contribution < 1.29 is 22.7 Å². The fourth-order valence-electron chi connectivity index (χ4n) is 7.01. The minimum atomic E-state index is -3.71. The molecule has 52 heavy (non-hydrogen) atoms. The second-order valence-electron chi connectivity index (χ2n) is 13.9. The molecule has 0 bridgehead atoms. The maximum Gasteiger partial charge on any atom is 0.408 e. The summed E-state index contributed by atoms with van der Waals surface area (Å²) in [6, 6.07) is 34.5. The summed E-state index contributed by atoms with van der Waals surface area (Å²) in [6.07, 6.45) is 2.87. The zero-order valence-electron chi connectivity index (χ0n) is 29.3. The van der Waals surface area contributed by atoms with Crippen LogP contribution in [0.5, 0.6) is 0 Å². The highest BCUT2D eigenvalue weighted by atomic mass is 32.2. The molecule has 1 aliphatic rings. The van der Waals surface area contributed by atoms with Gasteiger partial charge in [0.15, 0.2) is 15.5 Å². The number of ether oxygens (including phenoxy) is 1. The Morgan fingerprint density at radius 1 is 0.846 bits per heavy atom. The average Bonchev–Trinajstić information content (AvgIpc) is 3.56. The Bertz CT molecular complexity index is 2290. The Labute approximate surface area is 302 Å². The van der Waals surface area contributed by atoms with Crippen LogP contribution in [-0.2, 0) is 20.1 Å². The van der Waals surface area contributed by atoms with Crippen molar-refractivity contribution in [1.29, 1.82) is 0 Å². The standard InChI is InChI=1S/C41H39N5O5S/c1-27-24-32-35(45-39(48)51-40(2,3)4)21-23-52(49,50)36(32)25-31(27)38(47)44-34-20-22-42-37-33(34)26-43-46(37)41(28-14-8-5-9-15-28,29-16-10-6-11-17-29)30-18-12-7-13-19-30/h5-20,22,24-26,35H,21,23H2,1-4H3,(H,45,48)(H,42,44,47)/t35-/m0/s1. The first-order valence-electron chi connectivity index (χ1n) is 17.1. The van der Waals surface area contributed by atoms with Crippen LogP contribution in [0.1, 0.15) is 71.4 Å². The Balaban J connectivity index is 1.30. The number of carbonyl (C=O) groups is 2. The van der Waals surface area contributed by atoms with Crippen molar-refractivity contribution in [1.82, 2.24) is 20.1 Å². The highest BCUT2D eigenvalue weighted by molar-refractivity contribution is 7.91. The molecule has 3 heterocycles. The number of sulfone groups is 1. The molecule has 6 aromatic rings. The van der Waals surface area contributed by atoms with Gasteiger partial charge in [-0.1, -0.05) is 97.1 Å². The molecule has 0 fully saturated rings. The van der Waals surface area contributed by atoms with E-state index in [-0.39, 0.29) is 22.6 Å². The molecule has 2 aromatic heterocycles. The zero-order valence-corrected chi connectivity index (χ0v) is 30.1. The molecule has 11 heteroatoms. The summed E-state index contributed by atoms with van der Waals surface area (Å²) >= 11 is 0. The predicted octanol–water partition coefficient (Wildman–Crippen LogP) is 7.58. The number of nitrogens with zero attached hydrogens (tertiary/aromatic N) is 3. The molecule has 1 atom stereocenters. The van der Waals surface area contributed by atoms with Crippen LogP contribution in [0, 0.1) is 6.92 Å². The summed E-state index contributed by atoms with van der Waals surface area (Å²) in [5.74, 6) is -0.667. The number of aryl methyl sites for hydroxylation is 1. The van der Waals surface area contributed by atoms with Crippen LogP contribution in [0.4, 0.5) is 10.5 Å². The van der Waals surface area contributed by atoms with Gasteiger partial charge < -0.3 is 15.4 Å². The number of alkyl carbamates (subject to hydrolysis) is 1. The molecule has 7 rings (SSSR count). The molecule has 4 aromatic carbocycles. The molecule has 0 saturated carbocycles. The average molecular weight is 714 g/mol. The Kier molecular flexibility index (Phi) is 8.92. The molecule has 2 N–H and O–H groups in total. The minimum absolute atomic E-state index is 0.0154. The number of aromatic nitrogens is 3. The van der Waals surface area contributed by atoms with E-state index in [0.29, 0.717) is 27.8 Å². The molecule has 264 valence electrons. The lowest BCUT2D eigenvalue weighted by molar-refractivity contribution is 0.0500. The predicted molar refractivity (Wildman–Crippen MR) is 200 cm³/mol. The largest absolute Gasteiger partial charge is 0.444 e. The van der Waals surface area contributed by atoms with Gasteiger partial charge in [0.25, 0.3) is 5.91 Å². The van der Waals surface area contributed by atoms with Crippen molar-refractivity contribution in [2.45, 2.75) is 56.2 Å². The van der Waals surface area contributed by atoms with Gasteiger partial charge in [0, 0.05) is 11.8 Å². The number of amides is 2. The van der Waals surface area contributed by atoms with Crippen LogP contribution in [0.15, 0.2) is 126 Å². The van der Waals surface area contributed by atoms with Crippen molar-refractivity contribution in [3.05, 3.63) is 155 Å². The van der Waals surface area contributed by atoms with E-state index < -0.39 is 39.0 Å². The number of fused-ring (bicyclic) bond motifs is 2. The summed E-state index contributed by atoms with van der Waals surface area (Å²) in [5.41, 5.74) is 3.46. The quantitative estimate of drug-likeness (QED) is 0.163. The number of rotatable bonds is 7. The van der Waals surface area contributed by atoms with Crippen LogP contribution in [0.3, 0.4) is 0 Å². The summed E-state index contributed by atoms with van der Waals surface area (Å²) < 4.78 is 33.9.